The summed E-state index contributed by atoms with van der Waals surface area (Å²) < 4.78 is 7.14. The van der Waals surface area contributed by atoms with Crippen LogP contribution in [0.15, 0.2) is 23.0 Å². The van der Waals surface area contributed by atoms with E-state index in [1.807, 2.05) is 0 Å². The molecule has 144 valence electrons. The number of nitrogens with two attached hydrogens (primary N) is 1. The molecule has 1 spiro atoms. The van der Waals surface area contributed by atoms with Gasteiger partial charge in [-0.25, -0.2) is 0 Å². The van der Waals surface area contributed by atoms with Crippen LogP contribution in [0.5, 0.6) is 0 Å². The molecule has 2 aromatic rings. The molecule has 0 aliphatic carbocycles. The second kappa shape index (κ2) is 7.00. The second-order valence-corrected chi connectivity index (χ2v) is 8.21. The van der Waals surface area contributed by atoms with Crippen molar-refractivity contribution in [3.63, 3.8) is 0 Å². The zero-order chi connectivity index (χ0) is 19.2. The summed E-state index contributed by atoms with van der Waals surface area (Å²) in [7, 11) is 1.72. The molecule has 0 atom stereocenters. The highest BCUT2D eigenvalue weighted by atomic mass is 35.5. The third kappa shape index (κ3) is 3.20. The summed E-state index contributed by atoms with van der Waals surface area (Å²) >= 11 is 12.4. The predicted molar refractivity (Wildman–Crippen MR) is 109 cm³/mol. The molecule has 0 amide bonds. The number of hydrogen-bond acceptors (Lipinski definition) is 5. The molecule has 2 N–H and O–H groups in total. The number of rotatable bonds is 2. The zero-order valence-corrected chi connectivity index (χ0v) is 16.7. The Hall–Kier alpha value is -1.76. The molecule has 2 fully saturated rings. The maximum Gasteiger partial charge on any atom is 0.264 e. The normalized spacial score (nSPS) is 19.0. The van der Waals surface area contributed by atoms with E-state index in [1.54, 1.807) is 29.8 Å². The van der Waals surface area contributed by atoms with E-state index in [-0.39, 0.29) is 22.4 Å². The van der Waals surface area contributed by atoms with E-state index in [1.165, 1.54) is 0 Å². The van der Waals surface area contributed by atoms with Crippen LogP contribution >= 0.6 is 23.2 Å². The highest BCUT2D eigenvalue weighted by Crippen LogP contribution is 2.40. The smallest absolute Gasteiger partial charge is 0.264 e. The molecule has 3 heterocycles. The first-order valence-corrected chi connectivity index (χ1v) is 9.81. The first kappa shape index (κ1) is 18.6. The highest BCUT2D eigenvalue weighted by molar-refractivity contribution is 6.43. The maximum absolute atomic E-state index is 13.1. The minimum absolute atomic E-state index is 0.168. The lowest BCUT2D eigenvalue weighted by atomic mass is 9.78. The van der Waals surface area contributed by atoms with Gasteiger partial charge in [-0.05, 0) is 30.7 Å². The van der Waals surface area contributed by atoms with Gasteiger partial charge in [-0.1, -0.05) is 35.3 Å². The Bertz CT molecular complexity index is 928. The molecule has 1 aromatic carbocycles. The topological polar surface area (TPSA) is 73.4 Å². The summed E-state index contributed by atoms with van der Waals surface area (Å²) in [4.78, 5) is 19.7. The van der Waals surface area contributed by atoms with Crippen LogP contribution in [-0.4, -0.2) is 35.9 Å². The quantitative estimate of drug-likeness (QED) is 0.824. The van der Waals surface area contributed by atoms with Gasteiger partial charge >= 0.3 is 0 Å². The summed E-state index contributed by atoms with van der Waals surface area (Å²) in [5, 5.41) is 0.679. The van der Waals surface area contributed by atoms with Gasteiger partial charge in [0.2, 0.25) is 5.95 Å². The fraction of sp³-hybridized carbons (Fsp3) is 0.474. The van der Waals surface area contributed by atoms with Crippen LogP contribution < -0.4 is 16.2 Å². The van der Waals surface area contributed by atoms with Crippen molar-refractivity contribution >= 4 is 35.0 Å². The molecule has 0 bridgehead atoms. The molecule has 6 nitrogen and oxygen atoms in total. The summed E-state index contributed by atoms with van der Waals surface area (Å²) in [5.41, 5.74) is 7.03. The van der Waals surface area contributed by atoms with E-state index in [0.29, 0.717) is 21.6 Å². The van der Waals surface area contributed by atoms with E-state index in [2.05, 4.69) is 9.88 Å². The van der Waals surface area contributed by atoms with Gasteiger partial charge in [0.15, 0.2) is 0 Å². The molecular weight excluding hydrogens is 387 g/mol. The first-order chi connectivity index (χ1) is 12.9. The van der Waals surface area contributed by atoms with Crippen molar-refractivity contribution in [2.75, 3.05) is 36.9 Å². The molecule has 27 heavy (non-hydrogen) atoms. The summed E-state index contributed by atoms with van der Waals surface area (Å²) in [6.07, 6.45) is 3.18. The van der Waals surface area contributed by atoms with Crippen LogP contribution in [0.1, 0.15) is 19.3 Å². The van der Waals surface area contributed by atoms with Gasteiger partial charge in [-0.2, -0.15) is 4.98 Å². The van der Waals surface area contributed by atoms with Crippen molar-refractivity contribution in [2.24, 2.45) is 12.5 Å². The Labute approximate surface area is 167 Å². The Kier molecular flexibility index (Phi) is 4.82. The van der Waals surface area contributed by atoms with Gasteiger partial charge in [0, 0.05) is 32.3 Å². The molecule has 4 rings (SSSR count). The number of nitrogen functional groups attached to an aromatic ring is 1. The number of hydrogen-bond donors (Lipinski definition) is 1. The van der Waals surface area contributed by atoms with Crippen LogP contribution in [0.2, 0.25) is 10.0 Å². The number of ether oxygens (including phenoxy) is 1. The standard InChI is InChI=1S/C19H22Cl2N4O2/c1-24-17(26)14(12-3-2-4-13(20)15(12)21)16(22)23-18(24)25-8-5-19(6-9-25)7-10-27-11-19/h2-4H,5-11,22H2,1H3. The van der Waals surface area contributed by atoms with Gasteiger partial charge in [0.25, 0.3) is 5.56 Å². The van der Waals surface area contributed by atoms with Crippen LogP contribution in [0.25, 0.3) is 11.1 Å². The predicted octanol–water partition coefficient (Wildman–Crippen LogP) is 3.34. The number of aromatic nitrogens is 2. The van der Waals surface area contributed by atoms with Crippen molar-refractivity contribution in [1.82, 2.24) is 9.55 Å². The molecule has 0 saturated carbocycles. The van der Waals surface area contributed by atoms with Crippen LogP contribution in [0, 0.1) is 5.41 Å². The lowest BCUT2D eigenvalue weighted by Gasteiger charge is -2.39. The van der Waals surface area contributed by atoms with Gasteiger partial charge in [0.1, 0.15) is 5.82 Å². The molecule has 8 heteroatoms. The summed E-state index contributed by atoms with van der Waals surface area (Å²) in [6, 6.07) is 5.14. The molecule has 2 saturated heterocycles. The lowest BCUT2D eigenvalue weighted by molar-refractivity contribution is 0.133. The fourth-order valence-electron chi connectivity index (χ4n) is 4.06. The molecule has 2 aliphatic heterocycles. The van der Waals surface area contributed by atoms with Gasteiger partial charge in [-0.3, -0.25) is 9.36 Å². The van der Waals surface area contributed by atoms with Crippen molar-refractivity contribution in [3.8, 4) is 11.1 Å². The minimum atomic E-state index is -0.230. The van der Waals surface area contributed by atoms with Gasteiger partial charge in [0.05, 0.1) is 22.2 Å². The van der Waals surface area contributed by atoms with Crippen molar-refractivity contribution in [1.29, 1.82) is 0 Å². The Balaban J connectivity index is 1.69. The molecule has 2 aliphatic rings. The minimum Gasteiger partial charge on any atom is -0.383 e. The van der Waals surface area contributed by atoms with E-state index in [0.717, 1.165) is 45.6 Å². The lowest BCUT2D eigenvalue weighted by Crippen LogP contribution is -2.43. The number of nitrogens with zero attached hydrogens (tertiary/aromatic N) is 3. The molecular formula is C19H22Cl2N4O2. The van der Waals surface area contributed by atoms with Crippen molar-refractivity contribution < 1.29 is 4.74 Å². The van der Waals surface area contributed by atoms with E-state index >= 15 is 0 Å². The second-order valence-electron chi connectivity index (χ2n) is 7.43. The van der Waals surface area contributed by atoms with Crippen LogP contribution in [-0.2, 0) is 11.8 Å². The SMILES string of the molecule is Cn1c(N2CCC3(CCOC3)CC2)nc(N)c(-c2cccc(Cl)c2Cl)c1=O. The van der Waals surface area contributed by atoms with Crippen LogP contribution in [0.4, 0.5) is 11.8 Å². The summed E-state index contributed by atoms with van der Waals surface area (Å²) in [5.74, 6) is 0.759. The Morgan fingerprint density at radius 1 is 1.22 bits per heavy atom. The zero-order valence-electron chi connectivity index (χ0n) is 15.2. The third-order valence-electron chi connectivity index (χ3n) is 5.81. The fourth-order valence-corrected chi connectivity index (χ4v) is 4.46. The monoisotopic (exact) mass is 408 g/mol. The average Bonchev–Trinajstić information content (AvgIpc) is 3.11. The number of piperidine rings is 1. The van der Waals surface area contributed by atoms with E-state index in [9.17, 15) is 4.79 Å². The number of halogens is 2. The molecule has 0 radical (unpaired) electrons. The summed E-state index contributed by atoms with van der Waals surface area (Å²) in [6.45, 7) is 3.35. The Morgan fingerprint density at radius 2 is 1.96 bits per heavy atom. The number of anilines is 2. The number of benzene rings is 1. The average molecular weight is 409 g/mol. The van der Waals surface area contributed by atoms with E-state index < -0.39 is 0 Å². The van der Waals surface area contributed by atoms with Crippen molar-refractivity contribution in [3.05, 3.63) is 38.6 Å². The largest absolute Gasteiger partial charge is 0.383 e. The van der Waals surface area contributed by atoms with Gasteiger partial charge < -0.3 is 15.4 Å². The van der Waals surface area contributed by atoms with Gasteiger partial charge in [-0.15, -0.1) is 0 Å². The van der Waals surface area contributed by atoms with Crippen molar-refractivity contribution in [2.45, 2.75) is 19.3 Å². The maximum atomic E-state index is 13.1. The molecule has 0 unspecified atom stereocenters. The highest BCUT2D eigenvalue weighted by Gasteiger charge is 2.38. The Morgan fingerprint density at radius 3 is 2.63 bits per heavy atom. The van der Waals surface area contributed by atoms with E-state index in [4.69, 9.17) is 33.7 Å². The van der Waals surface area contributed by atoms with Crippen LogP contribution in [0.3, 0.4) is 0 Å². The molecule has 1 aromatic heterocycles. The first-order valence-electron chi connectivity index (χ1n) is 9.05. The third-order valence-corrected chi connectivity index (χ3v) is 6.63.